The summed E-state index contributed by atoms with van der Waals surface area (Å²) in [5, 5.41) is 12.2. The van der Waals surface area contributed by atoms with Gasteiger partial charge in [-0.25, -0.2) is 8.42 Å². The van der Waals surface area contributed by atoms with Crippen LogP contribution in [0.2, 0.25) is 0 Å². The zero-order valence-electron chi connectivity index (χ0n) is 17.1. The van der Waals surface area contributed by atoms with Gasteiger partial charge in [-0.2, -0.15) is 4.72 Å². The smallest absolute Gasteiger partial charge is 0.241 e. The molecule has 0 spiro atoms. The zero-order valence-corrected chi connectivity index (χ0v) is 18.0. The molecule has 0 aliphatic carbocycles. The molecular weight excluding hydrogens is 408 g/mol. The summed E-state index contributed by atoms with van der Waals surface area (Å²) in [6.07, 6.45) is 0. The van der Waals surface area contributed by atoms with Gasteiger partial charge in [-0.1, -0.05) is 39.0 Å². The minimum atomic E-state index is -3.98. The molecule has 162 valence electrons. The Labute approximate surface area is 176 Å². The van der Waals surface area contributed by atoms with Crippen molar-refractivity contribution in [3.05, 3.63) is 53.6 Å². The molecule has 2 aromatic rings. The number of carbonyl (C=O) groups excluding carboxylic acids is 1. The third kappa shape index (κ3) is 5.10. The lowest BCUT2D eigenvalue weighted by molar-refractivity contribution is -0.123. The topological polar surface area (TPSA) is 114 Å². The van der Waals surface area contributed by atoms with E-state index >= 15 is 0 Å². The van der Waals surface area contributed by atoms with Gasteiger partial charge in [0, 0.05) is 6.54 Å². The molecule has 0 radical (unpaired) electrons. The SMILES string of the molecule is CC(C)(C)c1ccc(S(=O)(=O)NC(CO)C(=O)NCc2ccc3c(c2)OCO3)cc1. The molecule has 0 bridgehead atoms. The van der Waals surface area contributed by atoms with Gasteiger partial charge in [-0.15, -0.1) is 0 Å². The van der Waals surface area contributed by atoms with Crippen molar-refractivity contribution in [2.24, 2.45) is 0 Å². The van der Waals surface area contributed by atoms with E-state index in [4.69, 9.17) is 9.47 Å². The van der Waals surface area contributed by atoms with Crippen LogP contribution in [0.4, 0.5) is 0 Å². The zero-order chi connectivity index (χ0) is 21.9. The predicted molar refractivity (Wildman–Crippen MR) is 111 cm³/mol. The molecule has 2 aromatic carbocycles. The van der Waals surface area contributed by atoms with Gasteiger partial charge in [0.1, 0.15) is 6.04 Å². The average Bonchev–Trinajstić information content (AvgIpc) is 3.17. The third-order valence-corrected chi connectivity index (χ3v) is 6.22. The lowest BCUT2D eigenvalue weighted by Gasteiger charge is -2.20. The highest BCUT2D eigenvalue weighted by Gasteiger charge is 2.26. The van der Waals surface area contributed by atoms with Crippen molar-refractivity contribution < 1.29 is 27.8 Å². The first kappa shape index (κ1) is 22.1. The molecule has 0 saturated carbocycles. The molecular formula is C21H26N2O6S. The van der Waals surface area contributed by atoms with E-state index in [1.165, 1.54) is 12.1 Å². The Morgan fingerprint density at radius 3 is 2.40 bits per heavy atom. The highest BCUT2D eigenvalue weighted by Crippen LogP contribution is 2.32. The van der Waals surface area contributed by atoms with Crippen molar-refractivity contribution in [2.45, 2.75) is 43.7 Å². The Kier molecular flexibility index (Phi) is 6.35. The monoisotopic (exact) mass is 434 g/mol. The van der Waals surface area contributed by atoms with E-state index in [2.05, 4.69) is 10.0 Å². The Hall–Kier alpha value is -2.62. The van der Waals surface area contributed by atoms with Crippen LogP contribution in [0.5, 0.6) is 11.5 Å². The second-order valence-electron chi connectivity index (χ2n) is 8.04. The Morgan fingerprint density at radius 2 is 1.77 bits per heavy atom. The first-order valence-electron chi connectivity index (χ1n) is 9.50. The summed E-state index contributed by atoms with van der Waals surface area (Å²) in [7, 11) is -3.98. The van der Waals surface area contributed by atoms with Gasteiger partial charge in [0.15, 0.2) is 11.5 Å². The van der Waals surface area contributed by atoms with Gasteiger partial charge in [-0.3, -0.25) is 4.79 Å². The van der Waals surface area contributed by atoms with Crippen LogP contribution in [0.3, 0.4) is 0 Å². The number of aliphatic hydroxyl groups excluding tert-OH is 1. The second-order valence-corrected chi connectivity index (χ2v) is 9.75. The number of benzene rings is 2. The number of fused-ring (bicyclic) bond motifs is 1. The Bertz CT molecular complexity index is 1010. The quantitative estimate of drug-likeness (QED) is 0.611. The van der Waals surface area contributed by atoms with Gasteiger partial charge >= 0.3 is 0 Å². The van der Waals surface area contributed by atoms with Crippen molar-refractivity contribution in [3.8, 4) is 11.5 Å². The first-order chi connectivity index (χ1) is 14.1. The van der Waals surface area contributed by atoms with Crippen LogP contribution >= 0.6 is 0 Å². The number of ether oxygens (including phenoxy) is 2. The minimum absolute atomic E-state index is 0.0255. The average molecular weight is 435 g/mol. The number of nitrogens with one attached hydrogen (secondary N) is 2. The summed E-state index contributed by atoms with van der Waals surface area (Å²) in [4.78, 5) is 12.4. The molecule has 1 aliphatic heterocycles. The fourth-order valence-electron chi connectivity index (χ4n) is 2.93. The van der Waals surface area contributed by atoms with Gasteiger partial charge in [0.2, 0.25) is 22.7 Å². The molecule has 0 saturated heterocycles. The maximum atomic E-state index is 12.6. The first-order valence-corrected chi connectivity index (χ1v) is 11.0. The summed E-state index contributed by atoms with van der Waals surface area (Å²) >= 11 is 0. The van der Waals surface area contributed by atoms with E-state index in [0.717, 1.165) is 11.1 Å². The number of aliphatic hydroxyl groups is 1. The maximum Gasteiger partial charge on any atom is 0.241 e. The summed E-state index contributed by atoms with van der Waals surface area (Å²) in [5.41, 5.74) is 1.63. The summed E-state index contributed by atoms with van der Waals surface area (Å²) in [6, 6.07) is 10.4. The second kappa shape index (κ2) is 8.63. The number of carbonyl (C=O) groups is 1. The molecule has 0 fully saturated rings. The van der Waals surface area contributed by atoms with Crippen molar-refractivity contribution in [3.63, 3.8) is 0 Å². The molecule has 1 atom stereocenters. The fourth-order valence-corrected chi connectivity index (χ4v) is 4.11. The summed E-state index contributed by atoms with van der Waals surface area (Å²) in [5.74, 6) is 0.577. The fraction of sp³-hybridized carbons (Fsp3) is 0.381. The van der Waals surface area contributed by atoms with Crippen molar-refractivity contribution in [1.29, 1.82) is 0 Å². The van der Waals surface area contributed by atoms with Crippen LogP contribution in [-0.2, 0) is 26.8 Å². The van der Waals surface area contributed by atoms with Crippen LogP contribution in [0.25, 0.3) is 0 Å². The molecule has 1 heterocycles. The number of amides is 1. The van der Waals surface area contributed by atoms with Crippen molar-refractivity contribution >= 4 is 15.9 Å². The molecule has 3 rings (SSSR count). The van der Waals surface area contributed by atoms with Gasteiger partial charge in [0.05, 0.1) is 11.5 Å². The van der Waals surface area contributed by atoms with E-state index in [9.17, 15) is 18.3 Å². The molecule has 1 unspecified atom stereocenters. The maximum absolute atomic E-state index is 12.6. The van der Waals surface area contributed by atoms with Crippen LogP contribution in [0, 0.1) is 0 Å². The predicted octanol–water partition coefficient (Wildman–Crippen LogP) is 1.67. The van der Waals surface area contributed by atoms with Crippen LogP contribution in [-0.4, -0.2) is 38.9 Å². The van der Waals surface area contributed by atoms with E-state index in [0.29, 0.717) is 11.5 Å². The highest BCUT2D eigenvalue weighted by molar-refractivity contribution is 7.89. The molecule has 30 heavy (non-hydrogen) atoms. The van der Waals surface area contributed by atoms with Gasteiger partial charge in [-0.05, 0) is 40.8 Å². The lowest BCUT2D eigenvalue weighted by atomic mass is 9.87. The standard InChI is InChI=1S/C21H26N2O6S/c1-21(2,3)15-5-7-16(8-6-15)30(26,27)23-17(12-24)20(25)22-11-14-4-9-18-19(10-14)29-13-28-18/h4-10,17,23-24H,11-13H2,1-3H3,(H,22,25). The largest absolute Gasteiger partial charge is 0.454 e. The highest BCUT2D eigenvalue weighted by atomic mass is 32.2. The van der Waals surface area contributed by atoms with Crippen LogP contribution in [0.15, 0.2) is 47.4 Å². The van der Waals surface area contributed by atoms with E-state index in [-0.39, 0.29) is 23.6 Å². The van der Waals surface area contributed by atoms with Crippen molar-refractivity contribution in [2.75, 3.05) is 13.4 Å². The van der Waals surface area contributed by atoms with Crippen LogP contribution < -0.4 is 19.5 Å². The molecule has 1 amide bonds. The summed E-state index contributed by atoms with van der Waals surface area (Å²) < 4.78 is 38.1. The Morgan fingerprint density at radius 1 is 1.10 bits per heavy atom. The summed E-state index contributed by atoms with van der Waals surface area (Å²) in [6.45, 7) is 5.71. The normalized spacial score (nSPS) is 14.4. The Balaban J connectivity index is 1.64. The number of hydrogen-bond acceptors (Lipinski definition) is 6. The van der Waals surface area contributed by atoms with Gasteiger partial charge < -0.3 is 19.9 Å². The third-order valence-electron chi connectivity index (χ3n) is 4.73. The number of rotatable bonds is 7. The molecule has 1 aliphatic rings. The minimum Gasteiger partial charge on any atom is -0.454 e. The van der Waals surface area contributed by atoms with E-state index in [1.54, 1.807) is 30.3 Å². The molecule has 9 heteroatoms. The molecule has 8 nitrogen and oxygen atoms in total. The van der Waals surface area contributed by atoms with E-state index < -0.39 is 28.6 Å². The number of hydrogen-bond donors (Lipinski definition) is 3. The lowest BCUT2D eigenvalue weighted by Crippen LogP contribution is -2.48. The molecule has 0 aromatic heterocycles. The van der Waals surface area contributed by atoms with Crippen molar-refractivity contribution in [1.82, 2.24) is 10.0 Å². The molecule has 3 N–H and O–H groups in total. The van der Waals surface area contributed by atoms with E-state index in [1.807, 2.05) is 20.8 Å². The number of sulfonamides is 1. The van der Waals surface area contributed by atoms with Gasteiger partial charge in [0.25, 0.3) is 0 Å². The van der Waals surface area contributed by atoms with Crippen LogP contribution in [0.1, 0.15) is 31.9 Å².